The van der Waals surface area contributed by atoms with Crippen molar-refractivity contribution in [2.45, 2.75) is 64.0 Å². The molecular formula is C15H26N4O2. The van der Waals surface area contributed by atoms with E-state index >= 15 is 0 Å². The van der Waals surface area contributed by atoms with Crippen molar-refractivity contribution in [3.8, 4) is 0 Å². The molecule has 1 aromatic heterocycles. The average molecular weight is 294 g/mol. The van der Waals surface area contributed by atoms with E-state index in [2.05, 4.69) is 29.2 Å². The topological polar surface area (TPSA) is 69.0 Å². The van der Waals surface area contributed by atoms with Crippen molar-refractivity contribution in [1.82, 2.24) is 20.1 Å². The zero-order chi connectivity index (χ0) is 15.5. The highest BCUT2D eigenvalue weighted by molar-refractivity contribution is 5.80. The summed E-state index contributed by atoms with van der Waals surface area (Å²) in [5.74, 6) is 1.71. The summed E-state index contributed by atoms with van der Waals surface area (Å²) in [5.41, 5.74) is -0.596. The average Bonchev–Trinajstić information content (AvgIpc) is 2.97. The Kier molecular flexibility index (Phi) is 4.98. The van der Waals surface area contributed by atoms with E-state index in [0.29, 0.717) is 6.42 Å². The number of aromatic nitrogens is 3. The van der Waals surface area contributed by atoms with Crippen LogP contribution in [0.5, 0.6) is 0 Å². The Morgan fingerprint density at radius 2 is 2.24 bits per heavy atom. The van der Waals surface area contributed by atoms with Crippen LogP contribution in [0.25, 0.3) is 0 Å². The Labute approximate surface area is 126 Å². The lowest BCUT2D eigenvalue weighted by atomic mass is 9.79. The number of nitrogens with one attached hydrogen (secondary N) is 1. The predicted octanol–water partition coefficient (Wildman–Crippen LogP) is 1.65. The number of hydrogen-bond donors (Lipinski definition) is 1. The van der Waals surface area contributed by atoms with E-state index in [1.165, 1.54) is 7.11 Å². The van der Waals surface area contributed by atoms with Crippen molar-refractivity contribution in [3.05, 3.63) is 11.6 Å². The van der Waals surface area contributed by atoms with Gasteiger partial charge in [-0.15, -0.1) is 0 Å². The first-order chi connectivity index (χ1) is 10.1. The minimum absolute atomic E-state index is 0.177. The van der Waals surface area contributed by atoms with Crippen LogP contribution in [0.4, 0.5) is 0 Å². The van der Waals surface area contributed by atoms with Gasteiger partial charge < -0.3 is 10.1 Å². The van der Waals surface area contributed by atoms with Crippen molar-refractivity contribution < 1.29 is 9.53 Å². The van der Waals surface area contributed by atoms with Gasteiger partial charge in [0.15, 0.2) is 5.82 Å². The molecule has 21 heavy (non-hydrogen) atoms. The van der Waals surface area contributed by atoms with Crippen molar-refractivity contribution >= 4 is 5.97 Å². The normalized spacial score (nSPS) is 25.8. The van der Waals surface area contributed by atoms with E-state index in [1.807, 2.05) is 11.7 Å². The quantitative estimate of drug-likeness (QED) is 0.836. The SMILES string of the molecule is CCc1nc(CC)n(C2CCCC(NC)(C(=O)OC)C2)n1. The lowest BCUT2D eigenvalue weighted by molar-refractivity contribution is -0.150. The molecule has 2 atom stereocenters. The first-order valence-electron chi connectivity index (χ1n) is 7.81. The first-order valence-corrected chi connectivity index (χ1v) is 7.81. The zero-order valence-electron chi connectivity index (χ0n) is 13.5. The summed E-state index contributed by atoms with van der Waals surface area (Å²) in [6.07, 6.45) is 5.21. The summed E-state index contributed by atoms with van der Waals surface area (Å²) in [6, 6.07) is 0.202. The molecule has 0 saturated heterocycles. The van der Waals surface area contributed by atoms with Gasteiger partial charge in [0, 0.05) is 12.8 Å². The molecule has 0 amide bonds. The molecule has 2 unspecified atom stereocenters. The Morgan fingerprint density at radius 3 is 2.81 bits per heavy atom. The number of nitrogens with zero attached hydrogens (tertiary/aromatic N) is 3. The zero-order valence-corrected chi connectivity index (χ0v) is 13.5. The van der Waals surface area contributed by atoms with Gasteiger partial charge in [-0.2, -0.15) is 5.10 Å². The second-order valence-corrected chi connectivity index (χ2v) is 5.67. The minimum Gasteiger partial charge on any atom is -0.468 e. The van der Waals surface area contributed by atoms with Gasteiger partial charge in [0.1, 0.15) is 11.4 Å². The number of ether oxygens (including phenoxy) is 1. The van der Waals surface area contributed by atoms with E-state index in [4.69, 9.17) is 4.74 Å². The molecule has 0 bridgehead atoms. The summed E-state index contributed by atoms with van der Waals surface area (Å²) in [4.78, 5) is 16.8. The maximum absolute atomic E-state index is 12.2. The molecule has 0 aromatic carbocycles. The smallest absolute Gasteiger partial charge is 0.326 e. The monoisotopic (exact) mass is 294 g/mol. The van der Waals surface area contributed by atoms with Crippen LogP contribution < -0.4 is 5.32 Å². The van der Waals surface area contributed by atoms with Gasteiger partial charge in [-0.1, -0.05) is 13.8 Å². The van der Waals surface area contributed by atoms with Crippen LogP contribution in [0.15, 0.2) is 0 Å². The molecule has 0 spiro atoms. The maximum Gasteiger partial charge on any atom is 0.326 e. The lowest BCUT2D eigenvalue weighted by Crippen LogP contribution is -2.54. The number of esters is 1. The molecule has 1 saturated carbocycles. The van der Waals surface area contributed by atoms with Gasteiger partial charge in [0.2, 0.25) is 0 Å². The van der Waals surface area contributed by atoms with Crippen molar-refractivity contribution in [2.24, 2.45) is 0 Å². The number of carbonyl (C=O) groups excluding carboxylic acids is 1. The Morgan fingerprint density at radius 1 is 1.48 bits per heavy atom. The highest BCUT2D eigenvalue weighted by Gasteiger charge is 2.43. The van der Waals surface area contributed by atoms with Crippen LogP contribution in [0.2, 0.25) is 0 Å². The van der Waals surface area contributed by atoms with Crippen LogP contribution >= 0.6 is 0 Å². The highest BCUT2D eigenvalue weighted by Crippen LogP contribution is 2.36. The van der Waals surface area contributed by atoms with Crippen LogP contribution in [-0.2, 0) is 22.4 Å². The van der Waals surface area contributed by atoms with E-state index < -0.39 is 5.54 Å². The van der Waals surface area contributed by atoms with Crippen LogP contribution in [0.3, 0.4) is 0 Å². The molecule has 0 radical (unpaired) electrons. The van der Waals surface area contributed by atoms with Gasteiger partial charge in [-0.05, 0) is 32.7 Å². The van der Waals surface area contributed by atoms with E-state index in [1.54, 1.807) is 0 Å². The minimum atomic E-state index is -0.596. The first kappa shape index (κ1) is 15.9. The van der Waals surface area contributed by atoms with Crippen LogP contribution in [0, 0.1) is 0 Å². The molecule has 1 aromatic rings. The molecule has 1 heterocycles. The molecular weight excluding hydrogens is 268 g/mol. The Hall–Kier alpha value is -1.43. The molecule has 1 N–H and O–H groups in total. The van der Waals surface area contributed by atoms with Crippen molar-refractivity contribution in [1.29, 1.82) is 0 Å². The number of rotatable bonds is 5. The van der Waals surface area contributed by atoms with Gasteiger partial charge in [0.05, 0.1) is 13.2 Å². The molecule has 6 nitrogen and oxygen atoms in total. The van der Waals surface area contributed by atoms with Gasteiger partial charge in [-0.3, -0.25) is 4.79 Å². The number of carbonyl (C=O) groups is 1. The fraction of sp³-hybridized carbons (Fsp3) is 0.800. The molecule has 118 valence electrons. The predicted molar refractivity (Wildman–Crippen MR) is 80.1 cm³/mol. The van der Waals surface area contributed by atoms with Gasteiger partial charge in [0.25, 0.3) is 0 Å². The second kappa shape index (κ2) is 6.56. The lowest BCUT2D eigenvalue weighted by Gasteiger charge is -2.38. The molecule has 2 rings (SSSR count). The number of aryl methyl sites for hydroxylation is 2. The number of likely N-dealkylation sites (N-methyl/N-ethyl adjacent to an activating group) is 1. The molecule has 0 aliphatic heterocycles. The number of hydrogen-bond acceptors (Lipinski definition) is 5. The third kappa shape index (κ3) is 2.95. The second-order valence-electron chi connectivity index (χ2n) is 5.67. The summed E-state index contributed by atoms with van der Waals surface area (Å²) >= 11 is 0. The maximum atomic E-state index is 12.2. The van der Waals surface area contributed by atoms with Gasteiger partial charge in [-0.25, -0.2) is 9.67 Å². The summed E-state index contributed by atoms with van der Waals surface area (Å²) in [6.45, 7) is 4.15. The third-order valence-electron chi connectivity index (χ3n) is 4.50. The Bertz CT molecular complexity index is 500. The van der Waals surface area contributed by atoms with Crippen molar-refractivity contribution in [3.63, 3.8) is 0 Å². The number of methoxy groups -OCH3 is 1. The fourth-order valence-corrected chi connectivity index (χ4v) is 3.25. The standard InChI is InChI=1S/C15H26N4O2/c1-5-12-17-13(6-2)19(18-12)11-8-7-9-15(10-11,16-3)14(20)21-4/h11,16H,5-10H2,1-4H3. The Balaban J connectivity index is 2.28. The van der Waals surface area contributed by atoms with Crippen LogP contribution in [-0.4, -0.2) is 40.4 Å². The largest absolute Gasteiger partial charge is 0.468 e. The van der Waals surface area contributed by atoms with Crippen LogP contribution in [0.1, 0.15) is 57.2 Å². The van der Waals surface area contributed by atoms with E-state index in [0.717, 1.165) is 43.8 Å². The van der Waals surface area contributed by atoms with E-state index in [-0.39, 0.29) is 12.0 Å². The summed E-state index contributed by atoms with van der Waals surface area (Å²) in [5, 5.41) is 7.82. The third-order valence-corrected chi connectivity index (χ3v) is 4.50. The van der Waals surface area contributed by atoms with E-state index in [9.17, 15) is 4.79 Å². The summed E-state index contributed by atoms with van der Waals surface area (Å²) < 4.78 is 7.04. The molecule has 6 heteroatoms. The highest BCUT2D eigenvalue weighted by atomic mass is 16.5. The fourth-order valence-electron chi connectivity index (χ4n) is 3.25. The summed E-state index contributed by atoms with van der Waals surface area (Å²) in [7, 11) is 3.28. The van der Waals surface area contributed by atoms with Gasteiger partial charge >= 0.3 is 5.97 Å². The van der Waals surface area contributed by atoms with Crippen molar-refractivity contribution in [2.75, 3.05) is 14.2 Å². The molecule has 1 fully saturated rings. The molecule has 1 aliphatic rings. The molecule has 1 aliphatic carbocycles.